The SMILES string of the molecule is CCC(CO)NCc1cc(OC)c(OC)cc1SC. The predicted molar refractivity (Wildman–Crippen MR) is 79.3 cm³/mol. The Morgan fingerprint density at radius 2 is 1.89 bits per heavy atom. The maximum absolute atomic E-state index is 9.20. The molecule has 0 aliphatic carbocycles. The van der Waals surface area contributed by atoms with Crippen LogP contribution in [0.2, 0.25) is 0 Å². The maximum atomic E-state index is 9.20. The van der Waals surface area contributed by atoms with Gasteiger partial charge in [0.05, 0.1) is 20.8 Å². The molecule has 1 rings (SSSR count). The fourth-order valence-electron chi connectivity index (χ4n) is 1.82. The van der Waals surface area contributed by atoms with E-state index in [-0.39, 0.29) is 12.6 Å². The van der Waals surface area contributed by atoms with Crippen molar-refractivity contribution in [2.75, 3.05) is 27.1 Å². The average molecular weight is 285 g/mol. The van der Waals surface area contributed by atoms with Crippen LogP contribution in [0.25, 0.3) is 0 Å². The van der Waals surface area contributed by atoms with Crippen LogP contribution < -0.4 is 14.8 Å². The van der Waals surface area contributed by atoms with Gasteiger partial charge >= 0.3 is 0 Å². The Morgan fingerprint density at radius 3 is 2.37 bits per heavy atom. The number of thioether (sulfide) groups is 1. The highest BCUT2D eigenvalue weighted by atomic mass is 32.2. The number of hydrogen-bond donors (Lipinski definition) is 2. The third-order valence-electron chi connectivity index (χ3n) is 3.08. The number of aliphatic hydroxyl groups is 1. The average Bonchev–Trinajstić information content (AvgIpc) is 2.47. The smallest absolute Gasteiger partial charge is 0.161 e. The van der Waals surface area contributed by atoms with Gasteiger partial charge in [-0.2, -0.15) is 0 Å². The Labute approximate surface area is 119 Å². The van der Waals surface area contributed by atoms with E-state index in [0.29, 0.717) is 6.54 Å². The molecule has 0 spiro atoms. The van der Waals surface area contributed by atoms with Gasteiger partial charge in [0.25, 0.3) is 0 Å². The van der Waals surface area contributed by atoms with Gasteiger partial charge in [-0.3, -0.25) is 0 Å². The molecule has 2 N–H and O–H groups in total. The molecule has 5 heteroatoms. The van der Waals surface area contributed by atoms with Crippen LogP contribution in [0.4, 0.5) is 0 Å². The molecule has 1 aromatic carbocycles. The summed E-state index contributed by atoms with van der Waals surface area (Å²) in [6.07, 6.45) is 2.94. The van der Waals surface area contributed by atoms with Crippen molar-refractivity contribution in [3.05, 3.63) is 17.7 Å². The molecule has 1 aromatic rings. The van der Waals surface area contributed by atoms with Crippen molar-refractivity contribution in [2.24, 2.45) is 0 Å². The normalized spacial score (nSPS) is 12.3. The maximum Gasteiger partial charge on any atom is 0.161 e. The van der Waals surface area contributed by atoms with Crippen LogP contribution in [-0.2, 0) is 6.54 Å². The second kappa shape index (κ2) is 8.30. The molecule has 0 saturated carbocycles. The fourth-order valence-corrected chi connectivity index (χ4v) is 2.44. The summed E-state index contributed by atoms with van der Waals surface area (Å²) in [4.78, 5) is 1.15. The number of nitrogens with one attached hydrogen (secondary N) is 1. The molecule has 108 valence electrons. The van der Waals surface area contributed by atoms with E-state index in [0.717, 1.165) is 28.4 Å². The molecule has 0 bridgehead atoms. The standard InChI is InChI=1S/C14H23NO3S/c1-5-11(9-16)15-8-10-6-12(17-2)13(18-3)7-14(10)19-4/h6-7,11,15-16H,5,8-9H2,1-4H3. The third kappa shape index (κ3) is 4.30. The van der Waals surface area contributed by atoms with E-state index < -0.39 is 0 Å². The van der Waals surface area contributed by atoms with Crippen molar-refractivity contribution in [2.45, 2.75) is 30.8 Å². The second-order valence-corrected chi connectivity index (χ2v) is 5.04. The Bertz CT molecular complexity index is 395. The quantitative estimate of drug-likeness (QED) is 0.718. The summed E-state index contributed by atoms with van der Waals surface area (Å²) in [7, 11) is 3.27. The predicted octanol–water partition coefficient (Wildman–Crippen LogP) is 2.29. The van der Waals surface area contributed by atoms with Gasteiger partial charge in [0.15, 0.2) is 11.5 Å². The lowest BCUT2D eigenvalue weighted by Gasteiger charge is -2.17. The van der Waals surface area contributed by atoms with Crippen LogP contribution >= 0.6 is 11.8 Å². The van der Waals surface area contributed by atoms with Gasteiger partial charge in [0.1, 0.15) is 0 Å². The molecular weight excluding hydrogens is 262 g/mol. The number of benzene rings is 1. The molecule has 0 aromatic heterocycles. The largest absolute Gasteiger partial charge is 0.493 e. The van der Waals surface area contributed by atoms with E-state index in [1.54, 1.807) is 26.0 Å². The van der Waals surface area contributed by atoms with Crippen molar-refractivity contribution in [3.8, 4) is 11.5 Å². The van der Waals surface area contributed by atoms with Gasteiger partial charge in [-0.1, -0.05) is 6.92 Å². The van der Waals surface area contributed by atoms with E-state index in [4.69, 9.17) is 9.47 Å². The van der Waals surface area contributed by atoms with E-state index >= 15 is 0 Å². The molecule has 4 nitrogen and oxygen atoms in total. The van der Waals surface area contributed by atoms with Crippen molar-refractivity contribution >= 4 is 11.8 Å². The number of hydrogen-bond acceptors (Lipinski definition) is 5. The van der Waals surface area contributed by atoms with Crippen molar-refractivity contribution in [3.63, 3.8) is 0 Å². The number of methoxy groups -OCH3 is 2. The molecule has 1 unspecified atom stereocenters. The summed E-state index contributed by atoms with van der Waals surface area (Å²) in [5.74, 6) is 1.47. The highest BCUT2D eigenvalue weighted by molar-refractivity contribution is 7.98. The van der Waals surface area contributed by atoms with Crippen LogP contribution in [0.15, 0.2) is 17.0 Å². The first-order chi connectivity index (χ1) is 9.19. The molecule has 0 aliphatic rings. The topological polar surface area (TPSA) is 50.7 Å². The number of rotatable bonds is 8. The van der Waals surface area contributed by atoms with E-state index in [2.05, 4.69) is 12.2 Å². The number of ether oxygens (including phenoxy) is 2. The van der Waals surface area contributed by atoms with Gasteiger partial charge in [0.2, 0.25) is 0 Å². The first kappa shape index (κ1) is 16.1. The highest BCUT2D eigenvalue weighted by Crippen LogP contribution is 2.34. The Kier molecular flexibility index (Phi) is 7.05. The zero-order valence-corrected chi connectivity index (χ0v) is 12.8. The Hall–Kier alpha value is -0.910. The summed E-state index contributed by atoms with van der Waals surface area (Å²) >= 11 is 1.67. The highest BCUT2D eigenvalue weighted by Gasteiger charge is 2.12. The van der Waals surface area contributed by atoms with Gasteiger partial charge < -0.3 is 19.9 Å². The van der Waals surface area contributed by atoms with Crippen LogP contribution in [-0.4, -0.2) is 38.2 Å². The summed E-state index contributed by atoms with van der Waals surface area (Å²) in [6.45, 7) is 2.91. The van der Waals surface area contributed by atoms with Crippen LogP contribution in [0.5, 0.6) is 11.5 Å². The van der Waals surface area contributed by atoms with Gasteiger partial charge in [0, 0.05) is 17.5 Å². The van der Waals surface area contributed by atoms with E-state index in [1.807, 2.05) is 18.4 Å². The molecule has 0 radical (unpaired) electrons. The minimum atomic E-state index is 0.128. The summed E-state index contributed by atoms with van der Waals surface area (Å²) in [5.41, 5.74) is 1.15. The molecule has 0 heterocycles. The Balaban J connectivity index is 2.92. The summed E-state index contributed by atoms with van der Waals surface area (Å²) < 4.78 is 10.6. The minimum absolute atomic E-state index is 0.128. The van der Waals surface area contributed by atoms with E-state index in [9.17, 15) is 5.11 Å². The van der Waals surface area contributed by atoms with Crippen molar-refractivity contribution < 1.29 is 14.6 Å². The summed E-state index contributed by atoms with van der Waals surface area (Å²) in [6, 6.07) is 4.10. The summed E-state index contributed by atoms with van der Waals surface area (Å²) in [5, 5.41) is 12.5. The van der Waals surface area contributed by atoms with Gasteiger partial charge in [-0.15, -0.1) is 11.8 Å². The second-order valence-electron chi connectivity index (χ2n) is 4.19. The zero-order valence-electron chi connectivity index (χ0n) is 12.0. The molecule has 19 heavy (non-hydrogen) atoms. The molecule has 0 fully saturated rings. The first-order valence-electron chi connectivity index (χ1n) is 6.33. The molecular formula is C14H23NO3S. The fraction of sp³-hybridized carbons (Fsp3) is 0.571. The lowest BCUT2D eigenvalue weighted by Crippen LogP contribution is -2.31. The third-order valence-corrected chi connectivity index (χ3v) is 3.90. The molecule has 1 atom stereocenters. The van der Waals surface area contributed by atoms with E-state index in [1.165, 1.54) is 0 Å². The number of aliphatic hydroxyl groups excluding tert-OH is 1. The molecule has 0 aliphatic heterocycles. The molecule has 0 amide bonds. The lowest BCUT2D eigenvalue weighted by molar-refractivity contribution is 0.238. The van der Waals surface area contributed by atoms with Crippen LogP contribution in [0.1, 0.15) is 18.9 Å². The van der Waals surface area contributed by atoms with Crippen LogP contribution in [0.3, 0.4) is 0 Å². The lowest BCUT2D eigenvalue weighted by atomic mass is 10.1. The first-order valence-corrected chi connectivity index (χ1v) is 7.55. The van der Waals surface area contributed by atoms with Crippen LogP contribution in [0, 0.1) is 0 Å². The van der Waals surface area contributed by atoms with Gasteiger partial charge in [-0.25, -0.2) is 0 Å². The van der Waals surface area contributed by atoms with Crippen molar-refractivity contribution in [1.82, 2.24) is 5.32 Å². The van der Waals surface area contributed by atoms with Gasteiger partial charge in [-0.05, 0) is 30.4 Å². The van der Waals surface area contributed by atoms with Crippen molar-refractivity contribution in [1.29, 1.82) is 0 Å². The minimum Gasteiger partial charge on any atom is -0.493 e. The Morgan fingerprint density at radius 1 is 1.26 bits per heavy atom. The monoisotopic (exact) mass is 285 g/mol. The zero-order chi connectivity index (χ0) is 14.3. The molecule has 0 saturated heterocycles.